The molecule has 0 bridgehead atoms. The summed E-state index contributed by atoms with van der Waals surface area (Å²) in [4.78, 5) is 0.175. The topological polar surface area (TPSA) is 198 Å². The van der Waals surface area contributed by atoms with Crippen molar-refractivity contribution in [2.75, 3.05) is 0 Å². The minimum absolute atomic E-state index is 0.00619. The van der Waals surface area contributed by atoms with E-state index in [4.69, 9.17) is 28.4 Å². The fraction of sp³-hybridized carbons (Fsp3) is 0.0857. The zero-order chi connectivity index (χ0) is 61.4. The highest BCUT2D eigenvalue weighted by molar-refractivity contribution is 7.92. The Balaban J connectivity index is 0.713. The number of ether oxygens (including phenoxy) is 6. The molecule has 0 saturated carbocycles. The minimum atomic E-state index is -4.11. The van der Waals surface area contributed by atoms with Gasteiger partial charge in [0, 0.05) is 17.2 Å². The van der Waals surface area contributed by atoms with Crippen LogP contribution in [0, 0.1) is 23.7 Å². The summed E-state index contributed by atoms with van der Waals surface area (Å²) in [5, 5.41) is 19.8. The second-order valence-corrected chi connectivity index (χ2v) is 26.4. The van der Waals surface area contributed by atoms with Gasteiger partial charge in [-0.1, -0.05) is 47.9 Å². The van der Waals surface area contributed by atoms with Crippen LogP contribution in [-0.2, 0) is 29.5 Å². The first-order valence-corrected chi connectivity index (χ1v) is 31.3. The maximum absolute atomic E-state index is 14.1. The fourth-order valence-corrected chi connectivity index (χ4v) is 12.2. The predicted octanol–water partition coefficient (Wildman–Crippen LogP) is 15.2. The van der Waals surface area contributed by atoms with Crippen LogP contribution < -0.4 is 28.4 Å². The van der Waals surface area contributed by atoms with E-state index in [1.165, 1.54) is 91.0 Å². The molecule has 17 heteroatoms. The quantitative estimate of drug-likeness (QED) is 0.0769. The van der Waals surface area contributed by atoms with Crippen molar-refractivity contribution >= 4 is 29.5 Å². The number of benzene rings is 10. The zero-order valence-corrected chi connectivity index (χ0v) is 49.6. The Labute approximate surface area is 505 Å². The molecule has 0 saturated heterocycles. The number of aliphatic hydroxyl groups is 2. The van der Waals surface area contributed by atoms with Gasteiger partial charge < -0.3 is 38.6 Å². The molecular formula is C70H54O14S3. The molecule has 2 N–H and O–H groups in total. The third-order valence-corrected chi connectivity index (χ3v) is 17.9. The number of hydrogen-bond acceptors (Lipinski definition) is 14. The van der Waals surface area contributed by atoms with Gasteiger partial charge in [0.05, 0.1) is 24.5 Å². The fourth-order valence-electron chi connectivity index (χ4n) is 8.27. The molecule has 0 heterocycles. The van der Waals surface area contributed by atoms with Gasteiger partial charge in [0.1, 0.15) is 85.1 Å². The number of rotatable bonds is 18. The Bertz CT molecular complexity index is 4570. The molecule has 0 amide bonds. The normalized spacial score (nSPS) is 11.7. The second kappa shape index (κ2) is 25.2. The molecule has 10 aromatic carbocycles. The van der Waals surface area contributed by atoms with Gasteiger partial charge in [0.15, 0.2) is 0 Å². The van der Waals surface area contributed by atoms with Gasteiger partial charge in [0.25, 0.3) is 0 Å². The van der Waals surface area contributed by atoms with E-state index in [2.05, 4.69) is 23.7 Å². The molecular weight excluding hydrogens is 1160 g/mol. The van der Waals surface area contributed by atoms with Gasteiger partial charge in [-0.25, -0.2) is 25.3 Å². The van der Waals surface area contributed by atoms with Crippen LogP contribution in [0.1, 0.15) is 38.8 Å². The van der Waals surface area contributed by atoms with Crippen LogP contribution in [-0.4, -0.2) is 46.7 Å². The first-order valence-electron chi connectivity index (χ1n) is 26.8. The molecule has 0 aliphatic heterocycles. The number of sulfone groups is 3. The molecule has 0 atom stereocenters. The van der Waals surface area contributed by atoms with Crippen LogP contribution in [0.15, 0.2) is 272 Å². The third kappa shape index (κ3) is 15.6. The smallest absolute Gasteiger partial charge is 0.210 e. The Morgan fingerprint density at radius 2 is 0.575 bits per heavy atom. The van der Waals surface area contributed by atoms with Crippen molar-refractivity contribution in [1.29, 1.82) is 0 Å². The van der Waals surface area contributed by atoms with Crippen molar-refractivity contribution < 1.29 is 63.9 Å². The van der Waals surface area contributed by atoms with Gasteiger partial charge in [-0.3, -0.25) is 0 Å². The summed E-state index contributed by atoms with van der Waals surface area (Å²) in [6.45, 7) is 6.39. The van der Waals surface area contributed by atoms with Gasteiger partial charge in [-0.2, -0.15) is 0 Å². The van der Waals surface area contributed by atoms with E-state index in [0.29, 0.717) is 68.6 Å². The molecule has 0 spiro atoms. The first-order chi connectivity index (χ1) is 41.5. The Hall–Kier alpha value is -10.1. The lowest BCUT2D eigenvalue weighted by Gasteiger charge is -2.14. The summed E-state index contributed by atoms with van der Waals surface area (Å²) in [6, 6.07) is 63.6. The lowest BCUT2D eigenvalue weighted by atomic mass is 10.1. The van der Waals surface area contributed by atoms with Crippen LogP contribution in [0.5, 0.6) is 69.0 Å². The van der Waals surface area contributed by atoms with Crippen molar-refractivity contribution in [3.8, 4) is 92.7 Å². The van der Waals surface area contributed by atoms with Gasteiger partial charge in [-0.15, -0.1) is 0 Å². The first kappa shape index (κ1) is 60.0. The van der Waals surface area contributed by atoms with Crippen LogP contribution in [0.2, 0.25) is 0 Å². The lowest BCUT2D eigenvalue weighted by Crippen LogP contribution is -2.14. The van der Waals surface area contributed by atoms with Gasteiger partial charge >= 0.3 is 0 Å². The summed E-state index contributed by atoms with van der Waals surface area (Å²) in [6.07, 6.45) is 0. The van der Waals surface area contributed by atoms with Crippen LogP contribution in [0.3, 0.4) is 0 Å². The summed E-state index contributed by atoms with van der Waals surface area (Å²) in [5.41, 5.74) is -0.905. The van der Waals surface area contributed by atoms with E-state index in [1.54, 1.807) is 179 Å². The number of hydrogen-bond donors (Lipinski definition) is 2. The molecule has 0 radical (unpaired) electrons. The largest absolute Gasteiger partial charge is 0.457 e. The van der Waals surface area contributed by atoms with Crippen molar-refractivity contribution in [1.82, 2.24) is 0 Å². The molecule has 0 aromatic heterocycles. The highest BCUT2D eigenvalue weighted by Crippen LogP contribution is 2.37. The van der Waals surface area contributed by atoms with E-state index in [9.17, 15) is 35.5 Å². The maximum Gasteiger partial charge on any atom is 0.210 e. The van der Waals surface area contributed by atoms with Gasteiger partial charge in [0.2, 0.25) is 29.5 Å². The van der Waals surface area contributed by atoms with E-state index in [0.717, 1.165) is 0 Å². The molecule has 10 aromatic rings. The monoisotopic (exact) mass is 1210 g/mol. The molecule has 436 valence electrons. The molecule has 0 unspecified atom stereocenters. The molecule has 14 nitrogen and oxygen atoms in total. The van der Waals surface area contributed by atoms with E-state index in [-0.39, 0.29) is 40.9 Å². The minimum Gasteiger partial charge on any atom is -0.457 e. The maximum atomic E-state index is 14.1. The van der Waals surface area contributed by atoms with Gasteiger partial charge in [-0.05, 0) is 240 Å². The standard InChI is InChI=1S/C70H54O14S3/c1-69(2,71)45-43-49-15-17-51(18-16-49)79-54-23-33-62(34-24-54)86(75,76)65-39-29-58(30-40-65)83-60-11-8-12-61(48-60)84-67-13-5-6-14-68(67)87(77,78)66-41-31-56(32-42-66)81-53-21-19-52(20-22-53)80-55-25-35-63(36-26-55)85(73,74)64-37-27-57(28-38-64)82-59-10-7-9-50(47-59)44-46-70(3,4)72/h5-42,47-48,71-72H,1-4H3. The average molecular weight is 1220 g/mol. The highest BCUT2D eigenvalue weighted by Gasteiger charge is 2.24. The molecule has 10 rings (SSSR count). The summed E-state index contributed by atoms with van der Waals surface area (Å²) in [7, 11) is -11.9. The summed E-state index contributed by atoms with van der Waals surface area (Å²) in [5.74, 6) is 15.9. The van der Waals surface area contributed by atoms with Crippen molar-refractivity contribution in [3.63, 3.8) is 0 Å². The molecule has 0 aliphatic rings. The summed E-state index contributed by atoms with van der Waals surface area (Å²) >= 11 is 0. The Morgan fingerprint density at radius 3 is 0.954 bits per heavy atom. The summed E-state index contributed by atoms with van der Waals surface area (Å²) < 4.78 is 119. The van der Waals surface area contributed by atoms with Crippen molar-refractivity contribution in [2.24, 2.45) is 0 Å². The van der Waals surface area contributed by atoms with E-state index >= 15 is 0 Å². The zero-order valence-electron chi connectivity index (χ0n) is 47.1. The second-order valence-electron chi connectivity index (χ2n) is 20.5. The van der Waals surface area contributed by atoms with Crippen LogP contribution in [0.25, 0.3) is 0 Å². The Kier molecular flexibility index (Phi) is 17.4. The molecule has 0 fully saturated rings. The van der Waals surface area contributed by atoms with Crippen molar-refractivity contribution in [3.05, 3.63) is 254 Å². The van der Waals surface area contributed by atoms with E-state index < -0.39 is 40.7 Å². The molecule has 0 aliphatic carbocycles. The van der Waals surface area contributed by atoms with Crippen molar-refractivity contribution in [2.45, 2.75) is 68.3 Å². The van der Waals surface area contributed by atoms with Crippen LogP contribution in [0.4, 0.5) is 0 Å². The Morgan fingerprint density at radius 1 is 0.287 bits per heavy atom. The third-order valence-electron chi connectivity index (χ3n) is 12.6. The highest BCUT2D eigenvalue weighted by atomic mass is 32.2. The average Bonchev–Trinajstić information content (AvgIpc) is 1.89. The lowest BCUT2D eigenvalue weighted by molar-refractivity contribution is 0.143. The molecule has 87 heavy (non-hydrogen) atoms. The predicted molar refractivity (Wildman–Crippen MR) is 328 cm³/mol. The van der Waals surface area contributed by atoms with E-state index in [1.807, 2.05) is 0 Å². The SMILES string of the molecule is CC(C)(O)C#Cc1ccc(Oc2ccc(S(=O)(=O)c3ccc(Oc4cccc(Oc5ccccc5S(=O)(=O)c5ccc(Oc6ccc(Oc7ccc(S(=O)(=O)c8ccc(Oc9cccc(C#CC(C)(C)O)c9)cc8)cc7)cc6)cc5)c4)cc3)cc2)cc1. The number of para-hydroxylation sites is 1. The van der Waals surface area contributed by atoms with Crippen LogP contribution >= 0.6 is 0 Å².